The van der Waals surface area contributed by atoms with Crippen molar-refractivity contribution in [1.29, 1.82) is 0 Å². The van der Waals surface area contributed by atoms with Crippen molar-refractivity contribution in [3.05, 3.63) is 0 Å². The van der Waals surface area contributed by atoms with Crippen molar-refractivity contribution in [2.24, 2.45) is 5.73 Å². The van der Waals surface area contributed by atoms with E-state index in [1.165, 1.54) is 12.8 Å². The van der Waals surface area contributed by atoms with Gasteiger partial charge < -0.3 is 11.1 Å². The van der Waals surface area contributed by atoms with Crippen LogP contribution in [0.5, 0.6) is 0 Å². The minimum Gasteiger partial charge on any atom is -0.350 e. The zero-order valence-corrected chi connectivity index (χ0v) is 11.6. The molecule has 0 aromatic rings. The second-order valence-electron chi connectivity index (χ2n) is 6.23. The van der Waals surface area contributed by atoms with Gasteiger partial charge in [0.25, 0.3) is 0 Å². The molecular formula is C13H27N3O. The molecule has 4 nitrogen and oxygen atoms in total. The third kappa shape index (κ3) is 5.04. The Morgan fingerprint density at radius 3 is 2.47 bits per heavy atom. The summed E-state index contributed by atoms with van der Waals surface area (Å²) < 4.78 is 0. The van der Waals surface area contributed by atoms with Gasteiger partial charge in [0.15, 0.2) is 0 Å². The van der Waals surface area contributed by atoms with Crippen LogP contribution >= 0.6 is 0 Å². The van der Waals surface area contributed by atoms with E-state index in [4.69, 9.17) is 5.73 Å². The van der Waals surface area contributed by atoms with Crippen LogP contribution in [-0.2, 0) is 4.79 Å². The van der Waals surface area contributed by atoms with Gasteiger partial charge in [-0.25, -0.2) is 0 Å². The van der Waals surface area contributed by atoms with Gasteiger partial charge in [-0.3, -0.25) is 9.69 Å². The van der Waals surface area contributed by atoms with E-state index in [-0.39, 0.29) is 17.5 Å². The predicted octanol–water partition coefficient (Wildman–Crippen LogP) is 1.10. The fourth-order valence-electron chi connectivity index (χ4n) is 2.49. The van der Waals surface area contributed by atoms with Crippen molar-refractivity contribution in [3.8, 4) is 0 Å². The Hall–Kier alpha value is -0.610. The van der Waals surface area contributed by atoms with E-state index in [9.17, 15) is 4.79 Å². The van der Waals surface area contributed by atoms with E-state index in [1.54, 1.807) is 0 Å². The number of amides is 1. The van der Waals surface area contributed by atoms with Crippen LogP contribution in [0.1, 0.15) is 46.5 Å². The smallest absolute Gasteiger partial charge is 0.234 e. The number of carbonyl (C=O) groups is 1. The first-order valence-electron chi connectivity index (χ1n) is 6.56. The first-order chi connectivity index (χ1) is 7.79. The van der Waals surface area contributed by atoms with Crippen molar-refractivity contribution in [2.75, 3.05) is 13.6 Å². The first kappa shape index (κ1) is 14.5. The van der Waals surface area contributed by atoms with E-state index in [0.29, 0.717) is 12.6 Å². The third-order valence-electron chi connectivity index (χ3n) is 3.26. The minimum absolute atomic E-state index is 0.0813. The molecule has 0 aliphatic heterocycles. The largest absolute Gasteiger partial charge is 0.350 e. The van der Waals surface area contributed by atoms with Gasteiger partial charge in [0.05, 0.1) is 6.54 Å². The number of nitrogens with zero attached hydrogens (tertiary/aromatic N) is 1. The maximum atomic E-state index is 11.8. The number of nitrogens with one attached hydrogen (secondary N) is 1. The quantitative estimate of drug-likeness (QED) is 0.778. The molecule has 1 aliphatic rings. The zero-order chi connectivity index (χ0) is 13.1. The zero-order valence-electron chi connectivity index (χ0n) is 11.6. The normalized spacial score (nSPS) is 26.0. The van der Waals surface area contributed by atoms with E-state index >= 15 is 0 Å². The summed E-state index contributed by atoms with van der Waals surface area (Å²) in [4.78, 5) is 13.9. The molecule has 0 bridgehead atoms. The van der Waals surface area contributed by atoms with Crippen molar-refractivity contribution in [1.82, 2.24) is 10.2 Å². The summed E-state index contributed by atoms with van der Waals surface area (Å²) >= 11 is 0. The SMILES string of the molecule is CN(CC(=O)NC(C)(C)C)C1CCCCC1N. The Labute approximate surface area is 105 Å². The number of rotatable bonds is 3. The van der Waals surface area contributed by atoms with Crippen LogP contribution in [-0.4, -0.2) is 42.0 Å². The molecule has 17 heavy (non-hydrogen) atoms. The van der Waals surface area contributed by atoms with Gasteiger partial charge in [-0.1, -0.05) is 12.8 Å². The number of hydrogen-bond donors (Lipinski definition) is 2. The minimum atomic E-state index is -0.160. The van der Waals surface area contributed by atoms with Gasteiger partial charge in [-0.2, -0.15) is 0 Å². The summed E-state index contributed by atoms with van der Waals surface area (Å²) in [6, 6.07) is 0.575. The molecule has 0 radical (unpaired) electrons. The maximum absolute atomic E-state index is 11.8. The van der Waals surface area contributed by atoms with Crippen LogP contribution in [0.4, 0.5) is 0 Å². The average molecular weight is 241 g/mol. The molecule has 1 saturated carbocycles. The molecule has 2 atom stereocenters. The molecule has 2 unspecified atom stereocenters. The Morgan fingerprint density at radius 2 is 1.94 bits per heavy atom. The standard InChI is InChI=1S/C13H27N3O/c1-13(2,3)15-12(17)9-16(4)11-8-6-5-7-10(11)14/h10-11H,5-9,14H2,1-4H3,(H,15,17). The second-order valence-corrected chi connectivity index (χ2v) is 6.23. The molecule has 0 saturated heterocycles. The summed E-state index contributed by atoms with van der Waals surface area (Å²) in [6.45, 7) is 6.43. The highest BCUT2D eigenvalue weighted by Gasteiger charge is 2.27. The van der Waals surface area contributed by atoms with E-state index in [2.05, 4.69) is 10.2 Å². The lowest BCUT2D eigenvalue weighted by molar-refractivity contribution is -0.124. The average Bonchev–Trinajstić information content (AvgIpc) is 2.14. The van der Waals surface area contributed by atoms with Gasteiger partial charge in [0.1, 0.15) is 0 Å². The van der Waals surface area contributed by atoms with Crippen LogP contribution in [0.25, 0.3) is 0 Å². The number of likely N-dealkylation sites (N-methyl/N-ethyl adjacent to an activating group) is 1. The summed E-state index contributed by atoms with van der Waals surface area (Å²) in [5.74, 6) is 0.0813. The molecule has 0 heterocycles. The Bertz CT molecular complexity index is 260. The molecule has 3 N–H and O–H groups in total. The van der Waals surface area contributed by atoms with Gasteiger partial charge in [-0.15, -0.1) is 0 Å². The molecule has 4 heteroatoms. The van der Waals surface area contributed by atoms with Crippen LogP contribution < -0.4 is 11.1 Å². The second kappa shape index (κ2) is 5.83. The number of carbonyl (C=O) groups excluding carboxylic acids is 1. The first-order valence-corrected chi connectivity index (χ1v) is 6.56. The molecule has 1 fully saturated rings. The van der Waals surface area contributed by atoms with Crippen LogP contribution in [0.2, 0.25) is 0 Å². The number of nitrogens with two attached hydrogens (primary N) is 1. The highest BCUT2D eigenvalue weighted by Crippen LogP contribution is 2.20. The summed E-state index contributed by atoms with van der Waals surface area (Å²) in [7, 11) is 2.00. The van der Waals surface area contributed by atoms with Crippen molar-refractivity contribution in [3.63, 3.8) is 0 Å². The predicted molar refractivity (Wildman–Crippen MR) is 70.8 cm³/mol. The van der Waals surface area contributed by atoms with Gasteiger partial charge in [-0.05, 0) is 40.7 Å². The topological polar surface area (TPSA) is 58.4 Å². The van der Waals surface area contributed by atoms with Crippen molar-refractivity contribution >= 4 is 5.91 Å². The van der Waals surface area contributed by atoms with Gasteiger partial charge in [0.2, 0.25) is 5.91 Å². The van der Waals surface area contributed by atoms with Crippen molar-refractivity contribution < 1.29 is 4.79 Å². The van der Waals surface area contributed by atoms with E-state index in [0.717, 1.165) is 12.8 Å². The molecular weight excluding hydrogens is 214 g/mol. The van der Waals surface area contributed by atoms with Gasteiger partial charge in [0, 0.05) is 17.6 Å². The van der Waals surface area contributed by atoms with Gasteiger partial charge >= 0.3 is 0 Å². The van der Waals surface area contributed by atoms with Crippen LogP contribution in [0, 0.1) is 0 Å². The molecule has 0 aromatic carbocycles. The Morgan fingerprint density at radius 1 is 1.35 bits per heavy atom. The molecule has 0 spiro atoms. The Kier molecular flexibility index (Phi) is 4.95. The van der Waals surface area contributed by atoms with Crippen LogP contribution in [0.3, 0.4) is 0 Å². The van der Waals surface area contributed by atoms with E-state index < -0.39 is 0 Å². The monoisotopic (exact) mass is 241 g/mol. The summed E-state index contributed by atoms with van der Waals surface area (Å²) in [6.07, 6.45) is 4.64. The third-order valence-corrected chi connectivity index (χ3v) is 3.26. The lowest BCUT2D eigenvalue weighted by atomic mass is 9.90. The fraction of sp³-hybridized carbons (Fsp3) is 0.923. The number of hydrogen-bond acceptors (Lipinski definition) is 3. The molecule has 1 aliphatic carbocycles. The van der Waals surface area contributed by atoms with Crippen LogP contribution in [0.15, 0.2) is 0 Å². The highest BCUT2D eigenvalue weighted by atomic mass is 16.2. The van der Waals surface area contributed by atoms with Crippen molar-refractivity contribution in [2.45, 2.75) is 64.1 Å². The summed E-state index contributed by atoms with van der Waals surface area (Å²) in [5, 5.41) is 2.98. The lowest BCUT2D eigenvalue weighted by Gasteiger charge is -2.36. The highest BCUT2D eigenvalue weighted by molar-refractivity contribution is 5.78. The molecule has 100 valence electrons. The Balaban J connectivity index is 2.42. The molecule has 1 rings (SSSR count). The molecule has 1 amide bonds. The lowest BCUT2D eigenvalue weighted by Crippen LogP contribution is -2.52. The summed E-state index contributed by atoms with van der Waals surface area (Å²) in [5.41, 5.74) is 5.95. The van der Waals surface area contributed by atoms with E-state index in [1.807, 2.05) is 27.8 Å². The fourth-order valence-corrected chi connectivity index (χ4v) is 2.49. The molecule has 0 aromatic heterocycles. The maximum Gasteiger partial charge on any atom is 0.234 e.